The standard InChI is InChI=1S/C6H13NO6S2/c1-3-5(6(8)9)7-15(12,13)4-14(2,10)11/h5,7H,3-4H2,1-2H3,(H,8,9). The lowest BCUT2D eigenvalue weighted by molar-refractivity contribution is -0.139. The molecule has 0 aliphatic heterocycles. The minimum absolute atomic E-state index is 0.0400. The van der Waals surface area contributed by atoms with Crippen LogP contribution >= 0.6 is 0 Å². The number of aliphatic carboxylic acids is 1. The topological polar surface area (TPSA) is 118 Å². The Labute approximate surface area is 88.5 Å². The predicted octanol–water partition coefficient (Wildman–Crippen LogP) is -1.23. The van der Waals surface area contributed by atoms with Gasteiger partial charge in [-0.25, -0.2) is 21.6 Å². The molecule has 2 N–H and O–H groups in total. The number of hydrogen-bond acceptors (Lipinski definition) is 5. The molecule has 1 unspecified atom stereocenters. The summed E-state index contributed by atoms with van der Waals surface area (Å²) in [6, 6.07) is -1.29. The lowest BCUT2D eigenvalue weighted by Gasteiger charge is -2.11. The Morgan fingerprint density at radius 2 is 1.80 bits per heavy atom. The smallest absolute Gasteiger partial charge is 0.321 e. The summed E-state index contributed by atoms with van der Waals surface area (Å²) in [4.78, 5) is 10.5. The van der Waals surface area contributed by atoms with Crippen LogP contribution in [0.4, 0.5) is 0 Å². The number of carbonyl (C=O) groups is 1. The number of carboxylic acid groups (broad SMARTS) is 1. The van der Waals surface area contributed by atoms with E-state index in [0.29, 0.717) is 0 Å². The predicted molar refractivity (Wildman–Crippen MR) is 53.5 cm³/mol. The second kappa shape index (κ2) is 4.90. The average molecular weight is 259 g/mol. The van der Waals surface area contributed by atoms with Crippen LogP contribution in [0.5, 0.6) is 0 Å². The van der Waals surface area contributed by atoms with Crippen LogP contribution < -0.4 is 4.72 Å². The summed E-state index contributed by atoms with van der Waals surface area (Å²) in [5, 5.41) is 7.45. The average Bonchev–Trinajstić information content (AvgIpc) is 1.94. The van der Waals surface area contributed by atoms with E-state index in [4.69, 9.17) is 5.11 Å². The molecule has 7 nitrogen and oxygen atoms in total. The van der Waals surface area contributed by atoms with Gasteiger partial charge in [0, 0.05) is 6.26 Å². The van der Waals surface area contributed by atoms with E-state index >= 15 is 0 Å². The molecule has 0 spiro atoms. The van der Waals surface area contributed by atoms with Crippen LogP contribution in [0.25, 0.3) is 0 Å². The molecule has 0 aromatic heterocycles. The van der Waals surface area contributed by atoms with Crippen LogP contribution in [0.15, 0.2) is 0 Å². The van der Waals surface area contributed by atoms with Crippen LogP contribution in [0.3, 0.4) is 0 Å². The fourth-order valence-corrected chi connectivity index (χ4v) is 4.07. The second-order valence-corrected chi connectivity index (χ2v) is 7.33. The summed E-state index contributed by atoms with van der Waals surface area (Å²) in [6.45, 7) is 1.47. The molecule has 0 aliphatic rings. The Hall–Kier alpha value is -0.670. The number of sulfone groups is 1. The highest BCUT2D eigenvalue weighted by Gasteiger charge is 2.25. The second-order valence-electron chi connectivity index (χ2n) is 3.08. The normalized spacial score (nSPS) is 14.8. The highest BCUT2D eigenvalue weighted by Crippen LogP contribution is 1.98. The zero-order chi connectivity index (χ0) is 12.3. The van der Waals surface area contributed by atoms with Gasteiger partial charge in [0.15, 0.2) is 14.9 Å². The third-order valence-electron chi connectivity index (χ3n) is 1.40. The van der Waals surface area contributed by atoms with Crippen molar-refractivity contribution in [1.82, 2.24) is 4.72 Å². The zero-order valence-corrected chi connectivity index (χ0v) is 9.93. The molecule has 0 bridgehead atoms. The minimum Gasteiger partial charge on any atom is -0.480 e. The van der Waals surface area contributed by atoms with Crippen molar-refractivity contribution in [3.8, 4) is 0 Å². The SMILES string of the molecule is CCC(NS(=O)(=O)CS(C)(=O)=O)C(=O)O. The Bertz CT molecular complexity index is 423. The molecule has 0 saturated carbocycles. The van der Waals surface area contributed by atoms with E-state index in [1.807, 2.05) is 0 Å². The Morgan fingerprint density at radius 3 is 2.07 bits per heavy atom. The van der Waals surface area contributed by atoms with E-state index < -0.39 is 37.0 Å². The van der Waals surface area contributed by atoms with Crippen molar-refractivity contribution < 1.29 is 26.7 Å². The van der Waals surface area contributed by atoms with Crippen molar-refractivity contribution in [1.29, 1.82) is 0 Å². The summed E-state index contributed by atoms with van der Waals surface area (Å²) in [7, 11) is -7.82. The first-order chi connectivity index (χ1) is 6.57. The number of hydrogen-bond donors (Lipinski definition) is 2. The van der Waals surface area contributed by atoms with E-state index in [-0.39, 0.29) is 6.42 Å². The fourth-order valence-electron chi connectivity index (χ4n) is 0.841. The molecule has 0 aromatic carbocycles. The molecule has 9 heteroatoms. The molecule has 15 heavy (non-hydrogen) atoms. The van der Waals surface area contributed by atoms with Gasteiger partial charge in [0.25, 0.3) is 0 Å². The zero-order valence-electron chi connectivity index (χ0n) is 8.30. The van der Waals surface area contributed by atoms with E-state index in [1.54, 1.807) is 4.72 Å². The number of rotatable bonds is 6. The fraction of sp³-hybridized carbons (Fsp3) is 0.833. The summed E-state index contributed by atoms with van der Waals surface area (Å²) in [6.07, 6.45) is 0.798. The molecular weight excluding hydrogens is 246 g/mol. The molecule has 1 atom stereocenters. The van der Waals surface area contributed by atoms with Crippen LogP contribution in [0.2, 0.25) is 0 Å². The molecule has 0 heterocycles. The van der Waals surface area contributed by atoms with Crippen molar-refractivity contribution in [3.05, 3.63) is 0 Å². The van der Waals surface area contributed by atoms with Gasteiger partial charge in [0.2, 0.25) is 10.0 Å². The molecule has 0 radical (unpaired) electrons. The van der Waals surface area contributed by atoms with Gasteiger partial charge in [-0.05, 0) is 6.42 Å². The van der Waals surface area contributed by atoms with Gasteiger partial charge >= 0.3 is 5.97 Å². The minimum atomic E-state index is -4.11. The van der Waals surface area contributed by atoms with Crippen molar-refractivity contribution >= 4 is 25.8 Å². The molecule has 90 valence electrons. The highest BCUT2D eigenvalue weighted by molar-refractivity contribution is 8.06. The van der Waals surface area contributed by atoms with Crippen molar-refractivity contribution in [2.75, 3.05) is 11.3 Å². The van der Waals surface area contributed by atoms with Crippen molar-refractivity contribution in [3.63, 3.8) is 0 Å². The van der Waals surface area contributed by atoms with Gasteiger partial charge in [-0.2, -0.15) is 0 Å². The lowest BCUT2D eigenvalue weighted by atomic mass is 10.2. The Morgan fingerprint density at radius 1 is 1.33 bits per heavy atom. The van der Waals surface area contributed by atoms with Gasteiger partial charge in [-0.3, -0.25) is 4.79 Å². The van der Waals surface area contributed by atoms with Crippen LogP contribution in [0, 0.1) is 0 Å². The van der Waals surface area contributed by atoms with Gasteiger partial charge < -0.3 is 5.11 Å². The summed E-state index contributed by atoms with van der Waals surface area (Å²) < 4.78 is 45.6. The Balaban J connectivity index is 4.72. The summed E-state index contributed by atoms with van der Waals surface area (Å²) in [5.41, 5.74) is 0. The first kappa shape index (κ1) is 14.3. The molecule has 0 fully saturated rings. The van der Waals surface area contributed by atoms with Crippen molar-refractivity contribution in [2.24, 2.45) is 0 Å². The van der Waals surface area contributed by atoms with E-state index in [1.165, 1.54) is 6.92 Å². The van der Waals surface area contributed by atoms with E-state index in [9.17, 15) is 21.6 Å². The lowest BCUT2D eigenvalue weighted by Crippen LogP contribution is -2.42. The van der Waals surface area contributed by atoms with E-state index in [2.05, 4.69) is 0 Å². The highest BCUT2D eigenvalue weighted by atomic mass is 32.3. The number of nitrogens with one attached hydrogen (secondary N) is 1. The van der Waals surface area contributed by atoms with Crippen LogP contribution in [0.1, 0.15) is 13.3 Å². The summed E-state index contributed by atoms with van der Waals surface area (Å²) >= 11 is 0. The quantitative estimate of drug-likeness (QED) is 0.616. The molecular formula is C6H13NO6S2. The first-order valence-corrected chi connectivity index (χ1v) is 7.69. The van der Waals surface area contributed by atoms with Gasteiger partial charge in [-0.1, -0.05) is 6.92 Å². The maximum absolute atomic E-state index is 11.2. The Kier molecular flexibility index (Phi) is 4.68. The van der Waals surface area contributed by atoms with E-state index in [0.717, 1.165) is 6.26 Å². The number of carboxylic acids is 1. The van der Waals surface area contributed by atoms with Crippen LogP contribution in [-0.4, -0.2) is 45.3 Å². The van der Waals surface area contributed by atoms with Gasteiger partial charge in [0.05, 0.1) is 0 Å². The molecule has 0 amide bonds. The maximum atomic E-state index is 11.2. The molecule has 0 aromatic rings. The van der Waals surface area contributed by atoms with Crippen molar-refractivity contribution in [2.45, 2.75) is 19.4 Å². The molecule has 0 aliphatic carbocycles. The third-order valence-corrected chi connectivity index (χ3v) is 4.99. The third kappa shape index (κ3) is 6.42. The monoisotopic (exact) mass is 259 g/mol. The van der Waals surface area contributed by atoms with Crippen LogP contribution in [-0.2, 0) is 24.7 Å². The van der Waals surface area contributed by atoms with Gasteiger partial charge in [-0.15, -0.1) is 0 Å². The maximum Gasteiger partial charge on any atom is 0.321 e. The van der Waals surface area contributed by atoms with Gasteiger partial charge in [0.1, 0.15) is 6.04 Å². The largest absolute Gasteiger partial charge is 0.480 e. The molecule has 0 rings (SSSR count). The number of sulfonamides is 1. The first-order valence-electron chi connectivity index (χ1n) is 3.98. The molecule has 0 saturated heterocycles. The summed E-state index contributed by atoms with van der Waals surface area (Å²) in [5.74, 6) is -1.34.